The van der Waals surface area contributed by atoms with E-state index in [1.807, 2.05) is 0 Å². The Labute approximate surface area is 301 Å². The molecule has 0 aliphatic carbocycles. The number of imidazole rings is 2. The molecule has 11 aromatic rings. The molecule has 2 heterocycles. The SMILES string of the molecule is c1cc(C[n+]2ccn(Cc3ccc4ccc5cccc6ccc3c4c56)c2)cc(C[n+]2ccn(Cc3ccc4ccc5cccc6ccc3c4c56)c2)c1. The first-order chi connectivity index (χ1) is 25.7. The first-order valence-electron chi connectivity index (χ1n) is 18.2. The Kier molecular flexibility index (Phi) is 6.47. The highest BCUT2D eigenvalue weighted by atomic mass is 15.1. The summed E-state index contributed by atoms with van der Waals surface area (Å²) in [6.45, 7) is 3.34. The van der Waals surface area contributed by atoms with E-state index in [1.165, 1.54) is 86.9 Å². The minimum absolute atomic E-state index is 0.833. The zero-order valence-electron chi connectivity index (χ0n) is 28.8. The fourth-order valence-electron chi connectivity index (χ4n) is 8.76. The van der Waals surface area contributed by atoms with Crippen LogP contribution in [0.1, 0.15) is 22.3 Å². The van der Waals surface area contributed by atoms with E-state index in [-0.39, 0.29) is 0 Å². The number of benzene rings is 9. The van der Waals surface area contributed by atoms with Gasteiger partial charge in [0.15, 0.2) is 0 Å². The van der Waals surface area contributed by atoms with Gasteiger partial charge in [0, 0.05) is 11.1 Å². The summed E-state index contributed by atoms with van der Waals surface area (Å²) in [6, 6.07) is 49.6. The molecule has 246 valence electrons. The van der Waals surface area contributed by atoms with Gasteiger partial charge in [0.2, 0.25) is 12.7 Å². The van der Waals surface area contributed by atoms with Crippen LogP contribution in [0.5, 0.6) is 0 Å². The van der Waals surface area contributed by atoms with Crippen molar-refractivity contribution in [3.05, 3.63) is 193 Å². The monoisotopic (exact) mass is 668 g/mol. The second-order valence-corrected chi connectivity index (χ2v) is 14.5. The van der Waals surface area contributed by atoms with E-state index < -0.39 is 0 Å². The standard InChI is InChI=1S/C48H36N4/c1-4-33(27-49-22-24-51(31-49)29-41-16-14-39-12-10-35-6-2-8-37-18-20-43(41)47(39)45(35)37)26-34(5-1)28-50-23-25-52(32-50)30-42-17-15-40-13-11-36-7-3-9-38-19-21-44(42)48(40)46(36)38/h1-26,31-32H,27-30H2/q+2. The Morgan fingerprint density at radius 3 is 1.23 bits per heavy atom. The molecular formula is C48H36N4+2. The van der Waals surface area contributed by atoms with E-state index in [1.54, 1.807) is 0 Å². The predicted octanol–water partition coefficient (Wildman–Crippen LogP) is 9.85. The normalized spacial score (nSPS) is 12.2. The fraction of sp³-hybridized carbons (Fsp3) is 0.0833. The number of rotatable bonds is 8. The van der Waals surface area contributed by atoms with Crippen LogP contribution in [0.15, 0.2) is 171 Å². The van der Waals surface area contributed by atoms with Gasteiger partial charge in [0.05, 0.1) is 0 Å². The highest BCUT2D eigenvalue weighted by molar-refractivity contribution is 6.24. The van der Waals surface area contributed by atoms with E-state index >= 15 is 0 Å². The molecule has 4 heteroatoms. The lowest BCUT2D eigenvalue weighted by atomic mass is 9.92. The van der Waals surface area contributed by atoms with Crippen LogP contribution < -0.4 is 9.13 Å². The molecule has 0 amide bonds. The average Bonchev–Trinajstić information content (AvgIpc) is 3.82. The van der Waals surface area contributed by atoms with Crippen LogP contribution in [0, 0.1) is 0 Å². The summed E-state index contributed by atoms with van der Waals surface area (Å²) in [5.41, 5.74) is 5.30. The molecule has 0 fully saturated rings. The molecule has 2 aromatic heterocycles. The van der Waals surface area contributed by atoms with Gasteiger partial charge >= 0.3 is 0 Å². The van der Waals surface area contributed by atoms with Crippen molar-refractivity contribution in [2.24, 2.45) is 0 Å². The van der Waals surface area contributed by atoms with Gasteiger partial charge in [-0.25, -0.2) is 18.3 Å². The quantitative estimate of drug-likeness (QED) is 0.113. The zero-order chi connectivity index (χ0) is 34.2. The summed E-state index contributed by atoms with van der Waals surface area (Å²) in [5.74, 6) is 0. The third-order valence-corrected chi connectivity index (χ3v) is 11.2. The first kappa shape index (κ1) is 29.2. The summed E-state index contributed by atoms with van der Waals surface area (Å²) in [4.78, 5) is 0. The van der Waals surface area contributed by atoms with Crippen molar-refractivity contribution in [2.75, 3.05) is 0 Å². The third kappa shape index (κ3) is 4.83. The molecule has 0 aliphatic rings. The van der Waals surface area contributed by atoms with Gasteiger partial charge in [-0.2, -0.15) is 0 Å². The highest BCUT2D eigenvalue weighted by Crippen LogP contribution is 2.37. The van der Waals surface area contributed by atoms with E-state index in [0.717, 1.165) is 26.2 Å². The van der Waals surface area contributed by atoms with Crippen molar-refractivity contribution in [1.29, 1.82) is 0 Å². The number of nitrogens with zero attached hydrogens (tertiary/aromatic N) is 4. The smallest absolute Gasteiger partial charge is 0.233 e. The van der Waals surface area contributed by atoms with Gasteiger partial charge in [-0.3, -0.25) is 0 Å². The average molecular weight is 669 g/mol. The molecule has 9 aromatic carbocycles. The highest BCUT2D eigenvalue weighted by Gasteiger charge is 2.15. The van der Waals surface area contributed by atoms with Crippen LogP contribution in [0.4, 0.5) is 0 Å². The van der Waals surface area contributed by atoms with Gasteiger partial charge in [0.25, 0.3) is 0 Å². The fourth-order valence-corrected chi connectivity index (χ4v) is 8.76. The third-order valence-electron chi connectivity index (χ3n) is 11.2. The van der Waals surface area contributed by atoms with E-state index in [9.17, 15) is 0 Å². The molecule has 0 saturated heterocycles. The summed E-state index contributed by atoms with van der Waals surface area (Å²) in [5, 5.41) is 16.1. The Bertz CT molecular complexity index is 2850. The summed E-state index contributed by atoms with van der Waals surface area (Å²) in [7, 11) is 0. The summed E-state index contributed by atoms with van der Waals surface area (Å²) < 4.78 is 9.18. The first-order valence-corrected chi connectivity index (χ1v) is 18.2. The summed E-state index contributed by atoms with van der Waals surface area (Å²) >= 11 is 0. The Balaban J connectivity index is 0.805. The molecule has 0 unspecified atom stereocenters. The van der Waals surface area contributed by atoms with Crippen LogP contribution in [-0.2, 0) is 26.2 Å². The lowest BCUT2D eigenvalue weighted by molar-refractivity contribution is -0.688. The van der Waals surface area contributed by atoms with Crippen molar-refractivity contribution < 1.29 is 9.13 Å². The van der Waals surface area contributed by atoms with Gasteiger partial charge in [-0.1, -0.05) is 127 Å². The van der Waals surface area contributed by atoms with Gasteiger partial charge in [0.1, 0.15) is 51.0 Å². The van der Waals surface area contributed by atoms with Crippen LogP contribution in [-0.4, -0.2) is 9.13 Å². The molecule has 0 radical (unpaired) electrons. The minimum Gasteiger partial charge on any atom is -0.233 e. The molecule has 4 nitrogen and oxygen atoms in total. The Hall–Kier alpha value is -6.52. The maximum atomic E-state index is 2.34. The van der Waals surface area contributed by atoms with Crippen molar-refractivity contribution in [2.45, 2.75) is 26.2 Å². The van der Waals surface area contributed by atoms with Crippen molar-refractivity contribution in [3.63, 3.8) is 0 Å². The second kappa shape index (κ2) is 11.5. The molecule has 0 N–H and O–H groups in total. The lowest BCUT2D eigenvalue weighted by Crippen LogP contribution is -2.33. The van der Waals surface area contributed by atoms with Crippen molar-refractivity contribution >= 4 is 64.6 Å². The largest absolute Gasteiger partial charge is 0.244 e. The molecule has 0 saturated carbocycles. The van der Waals surface area contributed by atoms with E-state index in [4.69, 9.17) is 0 Å². The van der Waals surface area contributed by atoms with E-state index in [2.05, 4.69) is 189 Å². The number of hydrogen-bond acceptors (Lipinski definition) is 0. The maximum absolute atomic E-state index is 2.34. The molecule has 52 heavy (non-hydrogen) atoms. The van der Waals surface area contributed by atoms with Crippen LogP contribution in [0.25, 0.3) is 64.6 Å². The molecule has 0 aliphatic heterocycles. The summed E-state index contributed by atoms with van der Waals surface area (Å²) in [6.07, 6.45) is 13.2. The molecule has 11 rings (SSSR count). The van der Waals surface area contributed by atoms with Crippen LogP contribution in [0.2, 0.25) is 0 Å². The van der Waals surface area contributed by atoms with Gasteiger partial charge in [-0.05, 0) is 81.8 Å². The molecular weight excluding hydrogens is 633 g/mol. The lowest BCUT2D eigenvalue weighted by Gasteiger charge is -2.13. The van der Waals surface area contributed by atoms with Gasteiger partial charge < -0.3 is 0 Å². The molecule has 0 spiro atoms. The zero-order valence-corrected chi connectivity index (χ0v) is 28.8. The van der Waals surface area contributed by atoms with Crippen molar-refractivity contribution in [1.82, 2.24) is 9.13 Å². The molecule has 0 atom stereocenters. The van der Waals surface area contributed by atoms with Crippen LogP contribution in [0.3, 0.4) is 0 Å². The van der Waals surface area contributed by atoms with Crippen molar-refractivity contribution in [3.8, 4) is 0 Å². The minimum atomic E-state index is 0.833. The second-order valence-electron chi connectivity index (χ2n) is 14.5. The Morgan fingerprint density at radius 1 is 0.385 bits per heavy atom. The van der Waals surface area contributed by atoms with Gasteiger partial charge in [-0.15, -0.1) is 0 Å². The number of hydrogen-bond donors (Lipinski definition) is 0. The topological polar surface area (TPSA) is 17.6 Å². The Morgan fingerprint density at radius 2 is 0.769 bits per heavy atom. The van der Waals surface area contributed by atoms with Crippen LogP contribution >= 0.6 is 0 Å². The molecule has 0 bridgehead atoms. The van der Waals surface area contributed by atoms with E-state index in [0.29, 0.717) is 0 Å². The maximum Gasteiger partial charge on any atom is 0.244 e. The number of aromatic nitrogens is 4. The predicted molar refractivity (Wildman–Crippen MR) is 212 cm³/mol.